The Bertz CT molecular complexity index is 698. The first-order valence-electron chi connectivity index (χ1n) is 6.65. The number of hydrogen-bond donors (Lipinski definition) is 2. The van der Waals surface area contributed by atoms with E-state index in [1.54, 1.807) is 6.92 Å². The van der Waals surface area contributed by atoms with Crippen molar-refractivity contribution in [2.24, 2.45) is 5.41 Å². The van der Waals surface area contributed by atoms with E-state index in [4.69, 9.17) is 6.42 Å². The van der Waals surface area contributed by atoms with E-state index < -0.39 is 28.6 Å². The summed E-state index contributed by atoms with van der Waals surface area (Å²) in [5, 5.41) is 19.2. The standard InChI is InChI=1S/C17H15FO4/c1-3-16(14(19)20)8-11(2)9-17(10-16,15(21)22)12-4-6-13(18)7-5-12/h1,4-7,9H,8,10H2,2H3,(H,19,20)(H,21,22). The average molecular weight is 302 g/mol. The fourth-order valence-electron chi connectivity index (χ4n) is 3.05. The molecule has 0 fully saturated rings. The second-order valence-electron chi connectivity index (χ2n) is 5.66. The molecule has 0 saturated carbocycles. The molecule has 2 atom stereocenters. The Balaban J connectivity index is 2.68. The molecule has 1 aliphatic rings. The minimum atomic E-state index is -1.59. The van der Waals surface area contributed by atoms with E-state index in [2.05, 4.69) is 5.92 Å². The van der Waals surface area contributed by atoms with Crippen molar-refractivity contribution < 1.29 is 24.2 Å². The molecule has 0 amide bonds. The van der Waals surface area contributed by atoms with Gasteiger partial charge < -0.3 is 10.2 Å². The molecule has 0 heterocycles. The maximum absolute atomic E-state index is 13.1. The fourth-order valence-corrected chi connectivity index (χ4v) is 3.05. The molecule has 1 aromatic carbocycles. The van der Waals surface area contributed by atoms with Crippen LogP contribution < -0.4 is 0 Å². The molecule has 0 radical (unpaired) electrons. The quantitative estimate of drug-likeness (QED) is 0.665. The van der Waals surface area contributed by atoms with Crippen molar-refractivity contribution in [2.75, 3.05) is 0 Å². The summed E-state index contributed by atoms with van der Waals surface area (Å²) in [4.78, 5) is 23.6. The zero-order valence-corrected chi connectivity index (χ0v) is 12.0. The highest BCUT2D eigenvalue weighted by molar-refractivity contribution is 5.88. The first kappa shape index (κ1) is 15.8. The molecule has 5 heteroatoms. The number of benzene rings is 1. The van der Waals surface area contributed by atoms with Gasteiger partial charge in [0.2, 0.25) is 0 Å². The maximum Gasteiger partial charge on any atom is 0.322 e. The molecule has 0 saturated heterocycles. The van der Waals surface area contributed by atoms with E-state index in [-0.39, 0.29) is 12.8 Å². The molecule has 1 aromatic rings. The van der Waals surface area contributed by atoms with E-state index in [0.717, 1.165) is 12.1 Å². The number of carboxylic acids is 2. The van der Waals surface area contributed by atoms with Gasteiger partial charge in [-0.2, -0.15) is 0 Å². The third-order valence-electron chi connectivity index (χ3n) is 4.08. The molecule has 1 aliphatic carbocycles. The summed E-state index contributed by atoms with van der Waals surface area (Å²) in [5.74, 6) is -0.674. The number of halogens is 1. The Morgan fingerprint density at radius 3 is 2.27 bits per heavy atom. The summed E-state index contributed by atoms with van der Waals surface area (Å²) >= 11 is 0. The SMILES string of the molecule is C#CC1(C(=O)O)CC(C)=CC(C(=O)O)(c2ccc(F)cc2)C1. The lowest BCUT2D eigenvalue weighted by molar-refractivity contribution is -0.150. The lowest BCUT2D eigenvalue weighted by atomic mass is 9.61. The van der Waals surface area contributed by atoms with Gasteiger partial charge in [0.15, 0.2) is 0 Å². The molecule has 2 N–H and O–H groups in total. The summed E-state index contributed by atoms with van der Waals surface area (Å²) < 4.78 is 13.1. The molecule has 0 bridgehead atoms. The van der Waals surface area contributed by atoms with Crippen molar-refractivity contribution in [3.8, 4) is 12.3 Å². The molecule has 2 unspecified atom stereocenters. The molecule has 0 aliphatic heterocycles. The molecule has 4 nitrogen and oxygen atoms in total. The topological polar surface area (TPSA) is 74.6 Å². The number of allylic oxidation sites excluding steroid dienone is 1. The predicted molar refractivity (Wildman–Crippen MR) is 77.6 cm³/mol. The number of carbonyl (C=O) groups is 2. The average Bonchev–Trinajstić information content (AvgIpc) is 2.46. The van der Waals surface area contributed by atoms with Crippen LogP contribution in [-0.2, 0) is 15.0 Å². The van der Waals surface area contributed by atoms with Crippen molar-refractivity contribution >= 4 is 11.9 Å². The van der Waals surface area contributed by atoms with Crippen LogP contribution in [0.4, 0.5) is 4.39 Å². The molecule has 2 rings (SSSR count). The zero-order valence-electron chi connectivity index (χ0n) is 12.0. The fraction of sp³-hybridized carbons (Fsp3) is 0.294. The Morgan fingerprint density at radius 2 is 1.82 bits per heavy atom. The van der Waals surface area contributed by atoms with Crippen LogP contribution in [0.2, 0.25) is 0 Å². The number of carboxylic acid groups (broad SMARTS) is 2. The second-order valence-corrected chi connectivity index (χ2v) is 5.66. The number of terminal acetylenes is 1. The maximum atomic E-state index is 13.1. The van der Waals surface area contributed by atoms with Gasteiger partial charge >= 0.3 is 11.9 Å². The van der Waals surface area contributed by atoms with Crippen LogP contribution in [0.5, 0.6) is 0 Å². The van der Waals surface area contributed by atoms with Gasteiger partial charge in [0, 0.05) is 0 Å². The number of rotatable bonds is 3. The summed E-state index contributed by atoms with van der Waals surface area (Å²) in [7, 11) is 0. The number of aliphatic carboxylic acids is 2. The van der Waals surface area contributed by atoms with Crippen molar-refractivity contribution in [1.29, 1.82) is 0 Å². The van der Waals surface area contributed by atoms with Gasteiger partial charge in [0.25, 0.3) is 0 Å². The first-order valence-corrected chi connectivity index (χ1v) is 6.65. The molecule has 22 heavy (non-hydrogen) atoms. The lowest BCUT2D eigenvalue weighted by Crippen LogP contribution is -2.46. The van der Waals surface area contributed by atoms with Gasteiger partial charge in [-0.1, -0.05) is 29.7 Å². The lowest BCUT2D eigenvalue weighted by Gasteiger charge is -2.39. The molecule has 0 spiro atoms. The van der Waals surface area contributed by atoms with Crippen molar-refractivity contribution in [2.45, 2.75) is 25.2 Å². The van der Waals surface area contributed by atoms with Crippen molar-refractivity contribution in [3.63, 3.8) is 0 Å². The molecule has 114 valence electrons. The Labute approximate surface area is 127 Å². The Morgan fingerprint density at radius 1 is 1.23 bits per heavy atom. The first-order chi connectivity index (χ1) is 10.3. The number of hydrogen-bond acceptors (Lipinski definition) is 2. The van der Waals surface area contributed by atoms with Gasteiger partial charge in [0.05, 0.1) is 0 Å². The third-order valence-corrected chi connectivity index (χ3v) is 4.08. The highest BCUT2D eigenvalue weighted by Crippen LogP contribution is 2.47. The molecular weight excluding hydrogens is 287 g/mol. The van der Waals surface area contributed by atoms with E-state index in [1.807, 2.05) is 0 Å². The predicted octanol–water partition coefficient (Wildman–Crippen LogP) is 2.59. The third kappa shape index (κ3) is 2.37. The van der Waals surface area contributed by atoms with Crippen LogP contribution in [0.15, 0.2) is 35.9 Å². The molecule has 0 aromatic heterocycles. The van der Waals surface area contributed by atoms with Crippen LogP contribution in [0, 0.1) is 23.6 Å². The largest absolute Gasteiger partial charge is 0.480 e. The van der Waals surface area contributed by atoms with E-state index in [9.17, 15) is 24.2 Å². The Kier molecular flexibility index (Phi) is 3.80. The van der Waals surface area contributed by atoms with E-state index in [1.165, 1.54) is 18.2 Å². The van der Waals surface area contributed by atoms with Gasteiger partial charge in [0.1, 0.15) is 16.6 Å². The smallest absolute Gasteiger partial charge is 0.322 e. The second kappa shape index (κ2) is 5.30. The summed E-state index contributed by atoms with van der Waals surface area (Å²) in [5.41, 5.74) is -2.29. The van der Waals surface area contributed by atoms with Gasteiger partial charge in [-0.25, -0.2) is 4.39 Å². The summed E-state index contributed by atoms with van der Waals surface area (Å²) in [6.45, 7) is 1.65. The van der Waals surface area contributed by atoms with Crippen LogP contribution in [0.1, 0.15) is 25.3 Å². The minimum absolute atomic E-state index is 0.0923. The molecular formula is C17H15FO4. The zero-order chi connectivity index (χ0) is 16.5. The van der Waals surface area contributed by atoms with E-state index >= 15 is 0 Å². The van der Waals surface area contributed by atoms with Crippen LogP contribution in [0.25, 0.3) is 0 Å². The van der Waals surface area contributed by atoms with Crippen molar-refractivity contribution in [3.05, 3.63) is 47.3 Å². The van der Waals surface area contributed by atoms with Gasteiger partial charge in [-0.15, -0.1) is 6.42 Å². The van der Waals surface area contributed by atoms with E-state index in [0.29, 0.717) is 11.1 Å². The van der Waals surface area contributed by atoms with Crippen molar-refractivity contribution in [1.82, 2.24) is 0 Å². The van der Waals surface area contributed by atoms with Gasteiger partial charge in [-0.05, 0) is 37.5 Å². The van der Waals surface area contributed by atoms with Crippen LogP contribution in [0.3, 0.4) is 0 Å². The normalized spacial score (nSPS) is 27.6. The summed E-state index contributed by atoms with van der Waals surface area (Å²) in [6.07, 6.45) is 6.75. The van der Waals surface area contributed by atoms with Crippen LogP contribution in [-0.4, -0.2) is 22.2 Å². The minimum Gasteiger partial charge on any atom is -0.480 e. The summed E-state index contributed by atoms with van der Waals surface area (Å²) in [6, 6.07) is 5.00. The van der Waals surface area contributed by atoms with Gasteiger partial charge in [-0.3, -0.25) is 9.59 Å². The Hall–Kier alpha value is -2.61. The highest BCUT2D eigenvalue weighted by Gasteiger charge is 2.52. The monoisotopic (exact) mass is 302 g/mol. The highest BCUT2D eigenvalue weighted by atomic mass is 19.1. The van der Waals surface area contributed by atoms with Crippen LogP contribution >= 0.6 is 0 Å².